The third-order valence-corrected chi connectivity index (χ3v) is 5.77. The SMILES string of the molecule is C/C(=C1/Oc2ccccc2N(Cc2ccccc2F)C1=O)c1ccc(C(=O)NCCCC#N)cc1. The molecular weight excluding hydrogens is 445 g/mol. The van der Waals surface area contributed by atoms with E-state index in [1.54, 1.807) is 67.6 Å². The summed E-state index contributed by atoms with van der Waals surface area (Å²) < 4.78 is 20.4. The molecule has 1 N–H and O–H groups in total. The highest BCUT2D eigenvalue weighted by molar-refractivity contribution is 6.11. The molecule has 1 aliphatic rings. The van der Waals surface area contributed by atoms with Crippen LogP contribution in [0.2, 0.25) is 0 Å². The van der Waals surface area contributed by atoms with E-state index >= 15 is 0 Å². The molecule has 0 bridgehead atoms. The lowest BCUT2D eigenvalue weighted by Gasteiger charge is -2.31. The average molecular weight is 470 g/mol. The molecular formula is C28H24FN3O3. The molecule has 0 atom stereocenters. The van der Waals surface area contributed by atoms with Gasteiger partial charge in [-0.25, -0.2) is 4.39 Å². The zero-order chi connectivity index (χ0) is 24.8. The molecule has 0 fully saturated rings. The average Bonchev–Trinajstić information content (AvgIpc) is 2.88. The van der Waals surface area contributed by atoms with E-state index in [-0.39, 0.29) is 29.9 Å². The van der Waals surface area contributed by atoms with Crippen LogP contribution < -0.4 is 15.0 Å². The van der Waals surface area contributed by atoms with Crippen molar-refractivity contribution in [2.45, 2.75) is 26.3 Å². The molecule has 0 saturated heterocycles. The number of amides is 2. The van der Waals surface area contributed by atoms with Crippen molar-refractivity contribution < 1.29 is 18.7 Å². The van der Waals surface area contributed by atoms with Crippen LogP contribution in [0.5, 0.6) is 5.75 Å². The van der Waals surface area contributed by atoms with E-state index in [2.05, 4.69) is 5.32 Å². The molecule has 35 heavy (non-hydrogen) atoms. The number of hydrogen-bond acceptors (Lipinski definition) is 4. The second-order valence-corrected chi connectivity index (χ2v) is 8.10. The first-order valence-electron chi connectivity index (χ1n) is 11.3. The number of carbonyl (C=O) groups is 2. The largest absolute Gasteiger partial charge is 0.449 e. The van der Waals surface area contributed by atoms with Crippen molar-refractivity contribution in [1.82, 2.24) is 5.32 Å². The number of rotatable bonds is 7. The van der Waals surface area contributed by atoms with E-state index in [0.29, 0.717) is 47.5 Å². The molecule has 0 aliphatic carbocycles. The number of nitrogens with one attached hydrogen (secondary N) is 1. The Morgan fingerprint density at radius 3 is 2.46 bits per heavy atom. The number of unbranched alkanes of at least 4 members (excludes halogenated alkanes) is 1. The standard InChI is InChI=1S/C28H24FN3O3/c1-19(20-12-14-21(15-13-20)27(33)31-17-7-6-16-30)26-28(34)32(18-22-8-2-3-9-23(22)29)24-10-4-5-11-25(24)35-26/h2-5,8-15H,6-7,17-18H2,1H3,(H,31,33)/b26-19-. The summed E-state index contributed by atoms with van der Waals surface area (Å²) in [5, 5.41) is 11.4. The van der Waals surface area contributed by atoms with E-state index in [1.807, 2.05) is 12.1 Å². The normalized spacial score (nSPS) is 14.0. The highest BCUT2D eigenvalue weighted by Crippen LogP contribution is 2.38. The Kier molecular flexibility index (Phi) is 7.22. The lowest BCUT2D eigenvalue weighted by Crippen LogP contribution is -2.37. The first-order chi connectivity index (χ1) is 17.0. The van der Waals surface area contributed by atoms with E-state index in [0.717, 1.165) is 5.56 Å². The van der Waals surface area contributed by atoms with Gasteiger partial charge in [-0.05, 0) is 49.2 Å². The van der Waals surface area contributed by atoms with Crippen molar-refractivity contribution in [3.05, 3.63) is 101 Å². The van der Waals surface area contributed by atoms with Gasteiger partial charge in [-0.1, -0.05) is 42.5 Å². The van der Waals surface area contributed by atoms with Crippen LogP contribution >= 0.6 is 0 Å². The van der Waals surface area contributed by atoms with E-state index in [1.165, 1.54) is 11.0 Å². The Morgan fingerprint density at radius 2 is 1.71 bits per heavy atom. The lowest BCUT2D eigenvalue weighted by atomic mass is 10.0. The molecule has 0 unspecified atom stereocenters. The van der Waals surface area contributed by atoms with Gasteiger partial charge in [0.2, 0.25) is 0 Å². The topological polar surface area (TPSA) is 82.4 Å². The van der Waals surface area contributed by atoms with Crippen molar-refractivity contribution in [2.24, 2.45) is 0 Å². The fourth-order valence-corrected chi connectivity index (χ4v) is 3.82. The van der Waals surface area contributed by atoms with Gasteiger partial charge in [-0.3, -0.25) is 14.5 Å². The van der Waals surface area contributed by atoms with Gasteiger partial charge in [0, 0.05) is 29.7 Å². The highest BCUT2D eigenvalue weighted by atomic mass is 19.1. The summed E-state index contributed by atoms with van der Waals surface area (Å²) >= 11 is 0. The molecule has 0 aromatic heterocycles. The van der Waals surface area contributed by atoms with Gasteiger partial charge in [-0.15, -0.1) is 0 Å². The number of benzene rings is 3. The minimum absolute atomic E-state index is 0.0631. The Balaban J connectivity index is 1.61. The maximum Gasteiger partial charge on any atom is 0.294 e. The number of nitriles is 1. The summed E-state index contributed by atoms with van der Waals surface area (Å²) in [6.07, 6.45) is 0.979. The number of fused-ring (bicyclic) bond motifs is 1. The number of anilines is 1. The van der Waals surface area contributed by atoms with Crippen molar-refractivity contribution >= 4 is 23.1 Å². The van der Waals surface area contributed by atoms with E-state index in [4.69, 9.17) is 10.00 Å². The van der Waals surface area contributed by atoms with Crippen molar-refractivity contribution in [1.29, 1.82) is 5.26 Å². The van der Waals surface area contributed by atoms with E-state index < -0.39 is 0 Å². The lowest BCUT2D eigenvalue weighted by molar-refractivity contribution is -0.117. The number of ether oxygens (including phenoxy) is 1. The first-order valence-corrected chi connectivity index (χ1v) is 11.3. The van der Waals surface area contributed by atoms with Crippen LogP contribution in [0.25, 0.3) is 5.57 Å². The number of halogens is 1. The maximum absolute atomic E-state index is 14.4. The Labute approximate surface area is 203 Å². The molecule has 0 saturated carbocycles. The van der Waals surface area contributed by atoms with E-state index in [9.17, 15) is 14.0 Å². The van der Waals surface area contributed by atoms with Crippen LogP contribution in [0.4, 0.5) is 10.1 Å². The number of carbonyl (C=O) groups excluding carboxylic acids is 2. The predicted molar refractivity (Wildman–Crippen MR) is 131 cm³/mol. The van der Waals surface area contributed by atoms with Gasteiger partial charge < -0.3 is 10.1 Å². The van der Waals surface area contributed by atoms with Crippen molar-refractivity contribution in [3.8, 4) is 11.8 Å². The number of para-hydroxylation sites is 2. The predicted octanol–water partition coefficient (Wildman–Crippen LogP) is 5.22. The Hall–Kier alpha value is -4.44. The molecule has 176 valence electrons. The second-order valence-electron chi connectivity index (χ2n) is 8.10. The fourth-order valence-electron chi connectivity index (χ4n) is 3.82. The summed E-state index contributed by atoms with van der Waals surface area (Å²) in [5.74, 6) is -0.327. The van der Waals surface area contributed by atoms with Crippen LogP contribution in [-0.2, 0) is 11.3 Å². The monoisotopic (exact) mass is 469 g/mol. The van der Waals surface area contributed by atoms with Gasteiger partial charge in [0.05, 0.1) is 18.3 Å². The van der Waals surface area contributed by atoms with Gasteiger partial charge >= 0.3 is 0 Å². The third kappa shape index (κ3) is 5.22. The summed E-state index contributed by atoms with van der Waals surface area (Å²) in [6, 6.07) is 22.4. The number of nitrogens with zero attached hydrogens (tertiary/aromatic N) is 2. The Bertz CT molecular complexity index is 1330. The van der Waals surface area contributed by atoms with Gasteiger partial charge in [0.15, 0.2) is 11.5 Å². The Morgan fingerprint density at radius 1 is 1.03 bits per heavy atom. The molecule has 0 spiro atoms. The summed E-state index contributed by atoms with van der Waals surface area (Å²) in [4.78, 5) is 27.3. The summed E-state index contributed by atoms with van der Waals surface area (Å²) in [7, 11) is 0. The zero-order valence-electron chi connectivity index (χ0n) is 19.3. The molecule has 1 heterocycles. The smallest absolute Gasteiger partial charge is 0.294 e. The first kappa shape index (κ1) is 23.7. The highest BCUT2D eigenvalue weighted by Gasteiger charge is 2.32. The molecule has 4 rings (SSSR count). The number of hydrogen-bond donors (Lipinski definition) is 1. The maximum atomic E-state index is 14.4. The van der Waals surface area contributed by atoms with Gasteiger partial charge in [0.1, 0.15) is 5.82 Å². The molecule has 6 nitrogen and oxygen atoms in total. The molecule has 2 amide bonds. The molecule has 1 aliphatic heterocycles. The van der Waals surface area contributed by atoms with Crippen LogP contribution in [0.15, 0.2) is 78.6 Å². The van der Waals surface area contributed by atoms with Crippen LogP contribution in [0.1, 0.15) is 41.3 Å². The molecule has 3 aromatic rings. The van der Waals surface area contributed by atoms with Crippen LogP contribution in [0, 0.1) is 17.1 Å². The van der Waals surface area contributed by atoms with Crippen molar-refractivity contribution in [2.75, 3.05) is 11.4 Å². The molecule has 0 radical (unpaired) electrons. The van der Waals surface area contributed by atoms with Crippen molar-refractivity contribution in [3.63, 3.8) is 0 Å². The zero-order valence-corrected chi connectivity index (χ0v) is 19.3. The summed E-state index contributed by atoms with van der Waals surface area (Å²) in [6.45, 7) is 2.27. The minimum Gasteiger partial charge on any atom is -0.449 e. The van der Waals surface area contributed by atoms with Crippen LogP contribution in [0.3, 0.4) is 0 Å². The van der Waals surface area contributed by atoms with Crippen LogP contribution in [-0.4, -0.2) is 18.4 Å². The summed E-state index contributed by atoms with van der Waals surface area (Å²) in [5.41, 5.74) is 2.77. The third-order valence-electron chi connectivity index (χ3n) is 5.77. The quantitative estimate of drug-likeness (QED) is 0.380. The molecule has 3 aromatic carbocycles. The van der Waals surface area contributed by atoms with Gasteiger partial charge in [0.25, 0.3) is 11.8 Å². The molecule has 7 heteroatoms. The number of allylic oxidation sites excluding steroid dienone is 1. The minimum atomic E-state index is -0.381. The fraction of sp³-hybridized carbons (Fsp3) is 0.179. The van der Waals surface area contributed by atoms with Gasteiger partial charge in [-0.2, -0.15) is 5.26 Å². The second kappa shape index (κ2) is 10.7.